The maximum atomic E-state index is 5.91. The number of piperidine rings is 1. The molecule has 0 spiro atoms. The third-order valence-corrected chi connectivity index (χ3v) is 4.57. The van der Waals surface area contributed by atoms with Crippen LogP contribution in [-0.2, 0) is 11.4 Å². The number of benzene rings is 1. The van der Waals surface area contributed by atoms with Gasteiger partial charge in [-0.05, 0) is 49.3 Å². The molecule has 1 aromatic heterocycles. The Kier molecular flexibility index (Phi) is 4.93. The molecule has 0 unspecified atom stereocenters. The van der Waals surface area contributed by atoms with Gasteiger partial charge in [-0.2, -0.15) is 4.98 Å². The molecule has 0 atom stereocenters. The average molecular weight is 339 g/mol. The van der Waals surface area contributed by atoms with E-state index >= 15 is 0 Å². The van der Waals surface area contributed by atoms with E-state index in [-0.39, 0.29) is 0 Å². The summed E-state index contributed by atoms with van der Waals surface area (Å²) in [5.41, 5.74) is 0.979. The van der Waals surface area contributed by atoms with Crippen molar-refractivity contribution >= 4 is 23.8 Å². The number of methoxy groups -OCH3 is 1. The number of halogens is 1. The molecular formula is C15H19ClN4OS. The fourth-order valence-corrected chi connectivity index (χ4v) is 3.00. The molecule has 1 aromatic carbocycles. The lowest BCUT2D eigenvalue weighted by Crippen LogP contribution is -2.37. The van der Waals surface area contributed by atoms with E-state index in [1.54, 1.807) is 7.11 Å². The van der Waals surface area contributed by atoms with Gasteiger partial charge in [-0.3, -0.25) is 10.00 Å². The molecule has 118 valence electrons. The quantitative estimate of drug-likeness (QED) is 0.869. The number of aromatic nitrogens is 3. The minimum absolute atomic E-state index is 0.385. The van der Waals surface area contributed by atoms with E-state index in [0.717, 1.165) is 44.0 Å². The van der Waals surface area contributed by atoms with Gasteiger partial charge in [0.05, 0.1) is 12.8 Å². The van der Waals surface area contributed by atoms with E-state index in [2.05, 4.69) is 15.0 Å². The number of nitrogens with one attached hydrogen (secondary N) is 1. The lowest BCUT2D eigenvalue weighted by Gasteiger charge is -2.30. The van der Waals surface area contributed by atoms with Crippen molar-refractivity contribution in [2.24, 2.45) is 0 Å². The maximum absolute atomic E-state index is 5.91. The van der Waals surface area contributed by atoms with Gasteiger partial charge in [-0.1, -0.05) is 11.6 Å². The van der Waals surface area contributed by atoms with E-state index in [1.165, 1.54) is 0 Å². The Morgan fingerprint density at radius 3 is 2.64 bits per heavy atom. The van der Waals surface area contributed by atoms with Crippen molar-refractivity contribution in [3.05, 3.63) is 34.1 Å². The van der Waals surface area contributed by atoms with Crippen LogP contribution >= 0.6 is 23.8 Å². The first-order valence-corrected chi connectivity index (χ1v) is 8.12. The fourth-order valence-electron chi connectivity index (χ4n) is 2.68. The number of H-pyrrole nitrogens is 1. The summed E-state index contributed by atoms with van der Waals surface area (Å²) in [6, 6.07) is 7.57. The second-order valence-electron chi connectivity index (χ2n) is 5.48. The molecule has 1 N–H and O–H groups in total. The van der Waals surface area contributed by atoms with Crippen LogP contribution in [0, 0.1) is 4.77 Å². The Hall–Kier alpha value is -1.21. The van der Waals surface area contributed by atoms with Crippen LogP contribution in [0.4, 0.5) is 0 Å². The van der Waals surface area contributed by atoms with Crippen LogP contribution in [0.5, 0.6) is 0 Å². The highest BCUT2D eigenvalue weighted by molar-refractivity contribution is 7.71. The van der Waals surface area contributed by atoms with E-state index < -0.39 is 0 Å². The Labute approximate surface area is 139 Å². The summed E-state index contributed by atoms with van der Waals surface area (Å²) in [6.07, 6.45) is 2.50. The molecule has 0 aliphatic carbocycles. The molecule has 3 rings (SSSR count). The highest BCUT2D eigenvalue weighted by Gasteiger charge is 2.19. The monoisotopic (exact) mass is 338 g/mol. The number of aromatic amines is 1. The van der Waals surface area contributed by atoms with Crippen molar-refractivity contribution in [3.63, 3.8) is 0 Å². The van der Waals surface area contributed by atoms with Gasteiger partial charge >= 0.3 is 0 Å². The summed E-state index contributed by atoms with van der Waals surface area (Å²) in [7, 11) is 1.78. The number of likely N-dealkylation sites (tertiary alicyclic amines) is 1. The molecule has 5 nitrogen and oxygen atoms in total. The van der Waals surface area contributed by atoms with Crippen LogP contribution in [0.25, 0.3) is 11.4 Å². The molecule has 0 bridgehead atoms. The summed E-state index contributed by atoms with van der Waals surface area (Å²) in [4.78, 5) is 6.79. The zero-order valence-electron chi connectivity index (χ0n) is 12.5. The second kappa shape index (κ2) is 6.91. The summed E-state index contributed by atoms with van der Waals surface area (Å²) in [5, 5.41) is 3.99. The lowest BCUT2D eigenvalue weighted by atomic mass is 10.1. The first kappa shape index (κ1) is 15.7. The molecule has 0 amide bonds. The Morgan fingerprint density at radius 1 is 1.32 bits per heavy atom. The first-order valence-electron chi connectivity index (χ1n) is 7.33. The fraction of sp³-hybridized carbons (Fsp3) is 0.467. The van der Waals surface area contributed by atoms with E-state index in [9.17, 15) is 0 Å². The number of rotatable bonds is 4. The van der Waals surface area contributed by atoms with Gasteiger partial charge in [0.2, 0.25) is 4.77 Å². The summed E-state index contributed by atoms with van der Waals surface area (Å²) in [6.45, 7) is 2.75. The number of ether oxygens (including phenoxy) is 1. The molecule has 1 saturated heterocycles. The number of hydrogen-bond acceptors (Lipinski definition) is 4. The van der Waals surface area contributed by atoms with Crippen LogP contribution in [0.3, 0.4) is 0 Å². The molecule has 1 aliphatic heterocycles. The predicted octanol–water partition coefficient (Wildman–Crippen LogP) is 3.33. The smallest absolute Gasteiger partial charge is 0.217 e. The molecule has 7 heteroatoms. The number of nitrogens with zero attached hydrogens (tertiary/aromatic N) is 3. The minimum atomic E-state index is 0.385. The van der Waals surface area contributed by atoms with Crippen molar-refractivity contribution in [3.8, 4) is 11.4 Å². The Bertz CT molecular complexity index is 674. The van der Waals surface area contributed by atoms with Gasteiger partial charge in [0.1, 0.15) is 0 Å². The highest BCUT2D eigenvalue weighted by atomic mass is 35.5. The molecular weight excluding hydrogens is 320 g/mol. The van der Waals surface area contributed by atoms with Crippen LogP contribution < -0.4 is 0 Å². The van der Waals surface area contributed by atoms with Gasteiger partial charge in [-0.25, -0.2) is 4.68 Å². The standard InChI is InChI=1S/C15H19ClN4OS/c1-21-13-6-8-19(9-7-13)10-20-15(22)17-14(18-20)11-2-4-12(16)5-3-11/h2-5,13H,6-10H2,1H3,(H,17,18,22). The highest BCUT2D eigenvalue weighted by Crippen LogP contribution is 2.19. The molecule has 1 aliphatic rings. The zero-order valence-corrected chi connectivity index (χ0v) is 14.0. The van der Waals surface area contributed by atoms with Crippen LogP contribution in [0.15, 0.2) is 24.3 Å². The minimum Gasteiger partial charge on any atom is -0.381 e. The molecule has 0 saturated carbocycles. The normalized spacial score (nSPS) is 17.0. The van der Waals surface area contributed by atoms with Crippen LogP contribution in [-0.4, -0.2) is 46.0 Å². The zero-order chi connectivity index (χ0) is 15.5. The number of hydrogen-bond donors (Lipinski definition) is 1. The largest absolute Gasteiger partial charge is 0.381 e. The second-order valence-corrected chi connectivity index (χ2v) is 6.29. The van der Waals surface area contributed by atoms with Gasteiger partial charge in [0.15, 0.2) is 5.82 Å². The lowest BCUT2D eigenvalue weighted by molar-refractivity contribution is 0.0302. The molecule has 2 heterocycles. The van der Waals surface area contributed by atoms with Gasteiger partial charge in [0, 0.05) is 30.8 Å². The van der Waals surface area contributed by atoms with Gasteiger partial charge < -0.3 is 4.74 Å². The van der Waals surface area contributed by atoms with Crippen molar-refractivity contribution in [1.82, 2.24) is 19.7 Å². The van der Waals surface area contributed by atoms with Crippen molar-refractivity contribution in [1.29, 1.82) is 0 Å². The van der Waals surface area contributed by atoms with Crippen molar-refractivity contribution in [2.75, 3.05) is 20.2 Å². The SMILES string of the molecule is COC1CCN(Cn2[nH]c(-c3ccc(Cl)cc3)nc2=S)CC1. The molecule has 0 radical (unpaired) electrons. The first-order chi connectivity index (χ1) is 10.7. The van der Waals surface area contributed by atoms with Gasteiger partial charge in [0.25, 0.3) is 0 Å². The van der Waals surface area contributed by atoms with Crippen molar-refractivity contribution < 1.29 is 4.74 Å². The predicted molar refractivity (Wildman–Crippen MR) is 89.5 cm³/mol. The third kappa shape index (κ3) is 3.57. The molecule has 1 fully saturated rings. The Balaban J connectivity index is 1.70. The van der Waals surface area contributed by atoms with Crippen LogP contribution in [0.1, 0.15) is 12.8 Å². The van der Waals surface area contributed by atoms with E-state index in [4.69, 9.17) is 28.6 Å². The van der Waals surface area contributed by atoms with Crippen LogP contribution in [0.2, 0.25) is 5.02 Å². The third-order valence-electron chi connectivity index (χ3n) is 4.01. The molecule has 2 aromatic rings. The summed E-state index contributed by atoms with van der Waals surface area (Å²) < 4.78 is 7.88. The maximum Gasteiger partial charge on any atom is 0.217 e. The average Bonchev–Trinajstić information content (AvgIpc) is 2.90. The summed E-state index contributed by atoms with van der Waals surface area (Å²) >= 11 is 11.3. The Morgan fingerprint density at radius 2 is 2.00 bits per heavy atom. The van der Waals surface area contributed by atoms with E-state index in [0.29, 0.717) is 15.9 Å². The topological polar surface area (TPSA) is 46.1 Å². The van der Waals surface area contributed by atoms with Crippen molar-refractivity contribution in [2.45, 2.75) is 25.6 Å². The summed E-state index contributed by atoms with van der Waals surface area (Å²) in [5.74, 6) is 0.772. The van der Waals surface area contributed by atoms with E-state index in [1.807, 2.05) is 28.9 Å². The van der Waals surface area contributed by atoms with Gasteiger partial charge in [-0.15, -0.1) is 0 Å². The molecule has 22 heavy (non-hydrogen) atoms.